The van der Waals surface area contributed by atoms with Gasteiger partial charge < -0.3 is 5.32 Å². The van der Waals surface area contributed by atoms with Gasteiger partial charge in [-0.15, -0.1) is 0 Å². The maximum Gasteiger partial charge on any atom is 0.327 e. The highest BCUT2D eigenvalue weighted by Gasteiger charge is 2.04. The summed E-state index contributed by atoms with van der Waals surface area (Å²) in [6, 6.07) is 7.18. The van der Waals surface area contributed by atoms with Crippen LogP contribution in [0.5, 0.6) is 0 Å². The molecule has 0 saturated heterocycles. The molecule has 2 rings (SSSR count). The molecule has 3 N–H and O–H groups in total. The molecule has 1 aromatic carbocycles. The molecule has 0 spiro atoms. The lowest BCUT2D eigenvalue weighted by Gasteiger charge is -2.05. The third-order valence-electron chi connectivity index (χ3n) is 2.39. The number of benzene rings is 1. The van der Waals surface area contributed by atoms with Crippen molar-refractivity contribution in [3.8, 4) is 0 Å². The number of nitrogens with zero attached hydrogens (tertiary/aromatic N) is 1. The van der Waals surface area contributed by atoms with Gasteiger partial charge in [0.1, 0.15) is 5.82 Å². The lowest BCUT2D eigenvalue weighted by molar-refractivity contribution is -0.384. The number of nitro benzene ring substituents is 1. The van der Waals surface area contributed by atoms with Crippen LogP contribution in [-0.2, 0) is 6.54 Å². The molecule has 0 bridgehead atoms. The summed E-state index contributed by atoms with van der Waals surface area (Å²) < 4.78 is 0. The number of nitro groups is 1. The van der Waals surface area contributed by atoms with Gasteiger partial charge in [-0.3, -0.25) is 24.9 Å². The van der Waals surface area contributed by atoms with Gasteiger partial charge >= 0.3 is 5.69 Å². The molecule has 0 fully saturated rings. The quantitative estimate of drug-likeness (QED) is 0.549. The van der Waals surface area contributed by atoms with E-state index in [1.165, 1.54) is 18.2 Å². The number of hydrogen-bond donors (Lipinski definition) is 3. The first kappa shape index (κ1) is 12.6. The number of nitrogens with one attached hydrogen (secondary N) is 3. The van der Waals surface area contributed by atoms with Gasteiger partial charge in [-0.1, -0.05) is 12.1 Å². The number of hydrogen-bond acceptors (Lipinski definition) is 5. The first-order valence-corrected chi connectivity index (χ1v) is 5.35. The Morgan fingerprint density at radius 3 is 2.42 bits per heavy atom. The van der Waals surface area contributed by atoms with E-state index in [0.29, 0.717) is 6.54 Å². The molecule has 0 saturated carbocycles. The fourth-order valence-electron chi connectivity index (χ4n) is 1.50. The standard InChI is InChI=1S/C11H10N4O4/c16-10-5-9(13-11(17)14-10)12-6-7-1-3-8(4-2-7)15(18)19/h1-5H,6H2,(H3,12,13,14,16,17). The predicted molar refractivity (Wildman–Crippen MR) is 68.1 cm³/mol. The van der Waals surface area contributed by atoms with Crippen molar-refractivity contribution in [2.75, 3.05) is 5.32 Å². The number of aromatic nitrogens is 2. The molecular weight excluding hydrogens is 252 g/mol. The van der Waals surface area contributed by atoms with Gasteiger partial charge in [0.15, 0.2) is 0 Å². The summed E-state index contributed by atoms with van der Waals surface area (Å²) in [6.07, 6.45) is 0. The third kappa shape index (κ3) is 3.28. The smallest absolute Gasteiger partial charge is 0.327 e. The van der Waals surface area contributed by atoms with E-state index in [0.717, 1.165) is 5.56 Å². The summed E-state index contributed by atoms with van der Waals surface area (Å²) in [5.74, 6) is 0.284. The highest BCUT2D eigenvalue weighted by Crippen LogP contribution is 2.12. The number of aromatic amines is 2. The molecule has 8 nitrogen and oxygen atoms in total. The minimum atomic E-state index is -0.598. The summed E-state index contributed by atoms with van der Waals surface area (Å²) >= 11 is 0. The van der Waals surface area contributed by atoms with Crippen LogP contribution in [0.25, 0.3) is 0 Å². The van der Waals surface area contributed by atoms with Crippen molar-refractivity contribution >= 4 is 11.5 Å². The number of H-pyrrole nitrogens is 2. The molecule has 0 aliphatic heterocycles. The van der Waals surface area contributed by atoms with E-state index in [1.54, 1.807) is 12.1 Å². The number of non-ortho nitro benzene ring substituents is 1. The topological polar surface area (TPSA) is 121 Å². The maximum absolute atomic E-state index is 11.1. The largest absolute Gasteiger partial charge is 0.367 e. The molecule has 19 heavy (non-hydrogen) atoms. The van der Waals surface area contributed by atoms with E-state index in [1.807, 2.05) is 4.98 Å². The van der Waals surface area contributed by atoms with E-state index < -0.39 is 16.2 Å². The van der Waals surface area contributed by atoms with Crippen molar-refractivity contribution in [3.05, 3.63) is 66.8 Å². The first-order valence-electron chi connectivity index (χ1n) is 5.35. The Morgan fingerprint density at radius 1 is 1.16 bits per heavy atom. The van der Waals surface area contributed by atoms with Crippen molar-refractivity contribution < 1.29 is 4.92 Å². The van der Waals surface area contributed by atoms with Gasteiger partial charge in [0.25, 0.3) is 11.2 Å². The fourth-order valence-corrected chi connectivity index (χ4v) is 1.50. The van der Waals surface area contributed by atoms with Crippen LogP contribution < -0.4 is 16.6 Å². The van der Waals surface area contributed by atoms with Crippen molar-refractivity contribution in [3.63, 3.8) is 0 Å². The minimum Gasteiger partial charge on any atom is -0.367 e. The van der Waals surface area contributed by atoms with E-state index >= 15 is 0 Å². The zero-order valence-corrected chi connectivity index (χ0v) is 9.67. The summed E-state index contributed by atoms with van der Waals surface area (Å²) in [6.45, 7) is 0.331. The Morgan fingerprint density at radius 2 is 1.84 bits per heavy atom. The molecule has 0 radical (unpaired) electrons. The molecule has 0 aliphatic carbocycles. The zero-order chi connectivity index (χ0) is 13.8. The summed E-state index contributed by atoms with van der Waals surface area (Å²) in [7, 11) is 0. The molecule has 0 aliphatic rings. The van der Waals surface area contributed by atoms with Gasteiger partial charge in [0, 0.05) is 24.7 Å². The number of rotatable bonds is 4. The lowest BCUT2D eigenvalue weighted by atomic mass is 10.2. The van der Waals surface area contributed by atoms with Gasteiger partial charge in [-0.25, -0.2) is 4.79 Å². The van der Waals surface area contributed by atoms with E-state index in [4.69, 9.17) is 0 Å². The molecule has 8 heteroatoms. The maximum atomic E-state index is 11.1. The van der Waals surface area contributed by atoms with Crippen LogP contribution >= 0.6 is 0 Å². The molecule has 98 valence electrons. The second kappa shape index (κ2) is 5.17. The van der Waals surface area contributed by atoms with Crippen molar-refractivity contribution in [1.82, 2.24) is 9.97 Å². The Balaban J connectivity index is 2.08. The third-order valence-corrected chi connectivity index (χ3v) is 2.39. The van der Waals surface area contributed by atoms with Crippen LogP contribution in [-0.4, -0.2) is 14.9 Å². The molecular formula is C11H10N4O4. The molecule has 1 heterocycles. The normalized spacial score (nSPS) is 10.1. The van der Waals surface area contributed by atoms with E-state index in [9.17, 15) is 19.7 Å². The molecule has 0 unspecified atom stereocenters. The highest BCUT2D eigenvalue weighted by atomic mass is 16.6. The Bertz CT molecular complexity index is 673. The average molecular weight is 262 g/mol. The van der Waals surface area contributed by atoms with Crippen LogP contribution in [0, 0.1) is 10.1 Å². The van der Waals surface area contributed by atoms with Crippen molar-refractivity contribution in [2.45, 2.75) is 6.54 Å². The average Bonchev–Trinajstić information content (AvgIpc) is 2.36. The molecule has 0 atom stereocenters. The summed E-state index contributed by atoms with van der Waals surface area (Å²) in [5, 5.41) is 13.3. The minimum absolute atomic E-state index is 0.00770. The monoisotopic (exact) mass is 262 g/mol. The molecule has 0 amide bonds. The van der Waals surface area contributed by atoms with Gasteiger partial charge in [0.2, 0.25) is 0 Å². The van der Waals surface area contributed by atoms with E-state index in [-0.39, 0.29) is 11.5 Å². The summed E-state index contributed by atoms with van der Waals surface area (Å²) in [4.78, 5) is 36.5. The second-order valence-corrected chi connectivity index (χ2v) is 3.78. The van der Waals surface area contributed by atoms with Gasteiger partial charge in [-0.2, -0.15) is 0 Å². The Kier molecular flexibility index (Phi) is 3.42. The molecule has 1 aromatic heterocycles. The first-order chi connectivity index (χ1) is 9.04. The zero-order valence-electron chi connectivity index (χ0n) is 9.67. The SMILES string of the molecule is O=c1cc(NCc2ccc([N+](=O)[O-])cc2)[nH]c(=O)[nH]1. The number of anilines is 1. The predicted octanol–water partition coefficient (Wildman–Crippen LogP) is 0.583. The van der Waals surface area contributed by atoms with Crippen LogP contribution in [0.3, 0.4) is 0 Å². The molecule has 2 aromatic rings. The second-order valence-electron chi connectivity index (χ2n) is 3.78. The van der Waals surface area contributed by atoms with Gasteiger partial charge in [-0.05, 0) is 5.56 Å². The van der Waals surface area contributed by atoms with Crippen molar-refractivity contribution in [2.24, 2.45) is 0 Å². The Labute approximate surface area is 106 Å². The highest BCUT2D eigenvalue weighted by molar-refractivity contribution is 5.37. The van der Waals surface area contributed by atoms with Crippen LogP contribution in [0.4, 0.5) is 11.5 Å². The Hall–Kier alpha value is -2.90. The lowest BCUT2D eigenvalue weighted by Crippen LogP contribution is -2.22. The fraction of sp³-hybridized carbons (Fsp3) is 0.0909. The van der Waals surface area contributed by atoms with Crippen LogP contribution in [0.15, 0.2) is 39.9 Å². The van der Waals surface area contributed by atoms with Crippen LogP contribution in [0.2, 0.25) is 0 Å². The van der Waals surface area contributed by atoms with Gasteiger partial charge in [0.05, 0.1) is 4.92 Å². The van der Waals surface area contributed by atoms with Crippen molar-refractivity contribution in [1.29, 1.82) is 0 Å². The summed E-state index contributed by atoms with van der Waals surface area (Å²) in [5.41, 5.74) is -0.311. The van der Waals surface area contributed by atoms with Crippen LogP contribution in [0.1, 0.15) is 5.56 Å². The van der Waals surface area contributed by atoms with E-state index in [2.05, 4.69) is 10.3 Å².